The third kappa shape index (κ3) is 3.02. The molecule has 1 amide bonds. The topological polar surface area (TPSA) is 75.4 Å². The summed E-state index contributed by atoms with van der Waals surface area (Å²) in [6.07, 6.45) is 0.308. The highest BCUT2D eigenvalue weighted by Gasteiger charge is 2.38. The van der Waals surface area contributed by atoms with E-state index in [0.29, 0.717) is 17.4 Å². The standard InChI is InChI=1S/C21H21N3O3/c1-14-19(25)23(13-7-10-15-8-3-2-4-9-15)21(27)18-22-17-12-6-5-11-16(17)20(26)24(14)18/h2-6,8-9,11-12,14,21,27H,7,10,13H2,1H3/t14-,21+/m0/s1. The number of carbonyl (C=O) groups excluding carboxylic acids is 1. The molecule has 2 atom stereocenters. The first-order valence-corrected chi connectivity index (χ1v) is 9.11. The molecule has 27 heavy (non-hydrogen) atoms. The maximum absolute atomic E-state index is 12.8. The highest BCUT2D eigenvalue weighted by Crippen LogP contribution is 2.28. The molecule has 2 heterocycles. The minimum atomic E-state index is -1.22. The maximum Gasteiger partial charge on any atom is 0.262 e. The van der Waals surface area contributed by atoms with Crippen molar-refractivity contribution in [1.82, 2.24) is 14.5 Å². The number of carbonyl (C=O) groups is 1. The molecule has 0 spiro atoms. The van der Waals surface area contributed by atoms with Crippen molar-refractivity contribution in [2.24, 2.45) is 0 Å². The van der Waals surface area contributed by atoms with Crippen molar-refractivity contribution in [2.75, 3.05) is 6.54 Å². The summed E-state index contributed by atoms with van der Waals surface area (Å²) in [7, 11) is 0. The number of aliphatic hydroxyl groups is 1. The van der Waals surface area contributed by atoms with Gasteiger partial charge in [0.25, 0.3) is 5.56 Å². The van der Waals surface area contributed by atoms with Crippen LogP contribution in [0.1, 0.15) is 37.0 Å². The van der Waals surface area contributed by atoms with E-state index in [1.807, 2.05) is 30.3 Å². The van der Waals surface area contributed by atoms with Gasteiger partial charge in [0, 0.05) is 6.54 Å². The van der Waals surface area contributed by atoms with E-state index in [1.54, 1.807) is 31.2 Å². The minimum Gasteiger partial charge on any atom is -0.367 e. The summed E-state index contributed by atoms with van der Waals surface area (Å²) in [6.45, 7) is 2.09. The van der Waals surface area contributed by atoms with E-state index in [2.05, 4.69) is 4.98 Å². The normalized spacial score (nSPS) is 19.3. The molecule has 0 bridgehead atoms. The highest BCUT2D eigenvalue weighted by molar-refractivity contribution is 5.83. The average Bonchev–Trinajstić information content (AvgIpc) is 2.69. The average molecular weight is 363 g/mol. The van der Waals surface area contributed by atoms with E-state index in [4.69, 9.17) is 0 Å². The molecular formula is C21H21N3O3. The Morgan fingerprint density at radius 3 is 2.52 bits per heavy atom. The molecule has 0 radical (unpaired) electrons. The predicted octanol–water partition coefficient (Wildman–Crippen LogP) is 2.42. The van der Waals surface area contributed by atoms with Gasteiger partial charge in [-0.25, -0.2) is 4.98 Å². The Kier molecular flexibility index (Phi) is 4.49. The van der Waals surface area contributed by atoms with Gasteiger partial charge in [0.2, 0.25) is 5.91 Å². The molecule has 1 aliphatic rings. The summed E-state index contributed by atoms with van der Waals surface area (Å²) in [5, 5.41) is 11.2. The van der Waals surface area contributed by atoms with Crippen molar-refractivity contribution in [3.05, 3.63) is 76.3 Å². The number of benzene rings is 2. The molecule has 0 aliphatic carbocycles. The second kappa shape index (κ2) is 6.96. The van der Waals surface area contributed by atoms with Gasteiger partial charge in [-0.2, -0.15) is 0 Å². The Morgan fingerprint density at radius 2 is 1.74 bits per heavy atom. The van der Waals surface area contributed by atoms with Gasteiger partial charge in [0.15, 0.2) is 12.1 Å². The fourth-order valence-corrected chi connectivity index (χ4v) is 3.66. The Balaban J connectivity index is 1.64. The van der Waals surface area contributed by atoms with E-state index >= 15 is 0 Å². The van der Waals surface area contributed by atoms with Gasteiger partial charge in [-0.15, -0.1) is 0 Å². The lowest BCUT2D eigenvalue weighted by molar-refractivity contribution is -0.150. The molecule has 0 saturated heterocycles. The largest absolute Gasteiger partial charge is 0.367 e. The van der Waals surface area contributed by atoms with Gasteiger partial charge in [0.05, 0.1) is 10.9 Å². The first-order valence-electron chi connectivity index (χ1n) is 9.11. The lowest BCUT2D eigenvalue weighted by atomic mass is 10.1. The van der Waals surface area contributed by atoms with Crippen molar-refractivity contribution in [2.45, 2.75) is 32.0 Å². The van der Waals surface area contributed by atoms with Gasteiger partial charge in [-0.3, -0.25) is 14.2 Å². The number of aryl methyl sites for hydroxylation is 1. The van der Waals surface area contributed by atoms with Crippen LogP contribution in [0, 0.1) is 0 Å². The third-order valence-corrected chi connectivity index (χ3v) is 5.10. The zero-order valence-electron chi connectivity index (χ0n) is 15.1. The number of aliphatic hydroxyl groups excluding tert-OH is 1. The Morgan fingerprint density at radius 1 is 1.04 bits per heavy atom. The van der Waals surface area contributed by atoms with Crippen LogP contribution in [0.3, 0.4) is 0 Å². The van der Waals surface area contributed by atoms with Crippen LogP contribution in [-0.2, 0) is 11.2 Å². The lowest BCUT2D eigenvalue weighted by Crippen LogP contribution is -2.49. The first kappa shape index (κ1) is 17.4. The second-order valence-electron chi connectivity index (χ2n) is 6.83. The number of nitrogens with zero attached hydrogens (tertiary/aromatic N) is 3. The van der Waals surface area contributed by atoms with E-state index in [9.17, 15) is 14.7 Å². The SMILES string of the molecule is C[C@H]1C(=O)N(CCCc2ccccc2)[C@H](O)c2nc3ccccc3c(=O)n21. The van der Waals surface area contributed by atoms with Crippen LogP contribution < -0.4 is 5.56 Å². The zero-order chi connectivity index (χ0) is 19.0. The molecule has 0 fully saturated rings. The molecule has 138 valence electrons. The number of fused-ring (bicyclic) bond motifs is 2. The number of hydrogen-bond acceptors (Lipinski definition) is 4. The molecule has 1 aromatic heterocycles. The molecule has 1 aliphatic heterocycles. The molecule has 1 N–H and O–H groups in total. The summed E-state index contributed by atoms with van der Waals surface area (Å²) in [6, 6.07) is 16.3. The van der Waals surface area contributed by atoms with Crippen LogP contribution in [0.25, 0.3) is 10.9 Å². The third-order valence-electron chi connectivity index (χ3n) is 5.10. The first-order chi connectivity index (χ1) is 13.1. The molecular weight excluding hydrogens is 342 g/mol. The quantitative estimate of drug-likeness (QED) is 0.772. The number of rotatable bonds is 4. The minimum absolute atomic E-state index is 0.227. The van der Waals surface area contributed by atoms with Gasteiger partial charge in [0.1, 0.15) is 6.04 Å². The van der Waals surface area contributed by atoms with Crippen LogP contribution >= 0.6 is 0 Å². The monoisotopic (exact) mass is 363 g/mol. The van der Waals surface area contributed by atoms with Gasteiger partial charge >= 0.3 is 0 Å². The van der Waals surface area contributed by atoms with Crippen LogP contribution in [0.2, 0.25) is 0 Å². The van der Waals surface area contributed by atoms with Crippen LogP contribution in [0.15, 0.2) is 59.4 Å². The number of aromatic nitrogens is 2. The van der Waals surface area contributed by atoms with E-state index in [1.165, 1.54) is 15.0 Å². The summed E-state index contributed by atoms with van der Waals surface area (Å²) in [5.41, 5.74) is 1.42. The molecule has 0 saturated carbocycles. The van der Waals surface area contributed by atoms with Crippen LogP contribution in [0.4, 0.5) is 0 Å². The van der Waals surface area contributed by atoms with Crippen molar-refractivity contribution < 1.29 is 9.90 Å². The second-order valence-corrected chi connectivity index (χ2v) is 6.83. The molecule has 6 heteroatoms. The van der Waals surface area contributed by atoms with E-state index in [-0.39, 0.29) is 17.3 Å². The number of hydrogen-bond donors (Lipinski definition) is 1. The Labute approximate surface area is 156 Å². The number of para-hydroxylation sites is 1. The van der Waals surface area contributed by atoms with Crippen LogP contribution in [-0.4, -0.2) is 32.0 Å². The number of amides is 1. The Bertz CT molecular complexity index is 1050. The summed E-state index contributed by atoms with van der Waals surface area (Å²) in [4.78, 5) is 31.5. The fourth-order valence-electron chi connectivity index (χ4n) is 3.66. The van der Waals surface area contributed by atoms with Crippen molar-refractivity contribution in [3.63, 3.8) is 0 Å². The van der Waals surface area contributed by atoms with E-state index in [0.717, 1.165) is 12.8 Å². The lowest BCUT2D eigenvalue weighted by Gasteiger charge is -2.37. The zero-order valence-corrected chi connectivity index (χ0v) is 15.1. The molecule has 2 aromatic carbocycles. The Hall–Kier alpha value is -2.99. The van der Waals surface area contributed by atoms with Gasteiger partial charge in [-0.1, -0.05) is 42.5 Å². The van der Waals surface area contributed by atoms with Gasteiger partial charge in [-0.05, 0) is 37.5 Å². The predicted molar refractivity (Wildman–Crippen MR) is 102 cm³/mol. The summed E-state index contributed by atoms with van der Waals surface area (Å²) < 4.78 is 1.32. The van der Waals surface area contributed by atoms with Crippen molar-refractivity contribution in [1.29, 1.82) is 0 Å². The summed E-state index contributed by atoms with van der Waals surface area (Å²) in [5.74, 6) is -0.0345. The van der Waals surface area contributed by atoms with Crippen molar-refractivity contribution >= 4 is 16.8 Å². The molecule has 4 rings (SSSR count). The van der Waals surface area contributed by atoms with E-state index < -0.39 is 12.3 Å². The van der Waals surface area contributed by atoms with Crippen LogP contribution in [0.5, 0.6) is 0 Å². The van der Waals surface area contributed by atoms with Gasteiger partial charge < -0.3 is 10.0 Å². The summed E-state index contributed by atoms with van der Waals surface area (Å²) >= 11 is 0. The molecule has 6 nitrogen and oxygen atoms in total. The fraction of sp³-hybridized carbons (Fsp3) is 0.286. The smallest absolute Gasteiger partial charge is 0.262 e. The molecule has 3 aromatic rings. The van der Waals surface area contributed by atoms with Crippen molar-refractivity contribution in [3.8, 4) is 0 Å². The molecule has 0 unspecified atom stereocenters. The highest BCUT2D eigenvalue weighted by atomic mass is 16.3. The maximum atomic E-state index is 12.8.